The summed E-state index contributed by atoms with van der Waals surface area (Å²) in [5, 5.41) is 6.65. The highest BCUT2D eigenvalue weighted by atomic mass is 16.5. The number of anilines is 2. The number of fused-ring (bicyclic) bond motifs is 2. The highest BCUT2D eigenvalue weighted by Crippen LogP contribution is 2.25. The van der Waals surface area contributed by atoms with Gasteiger partial charge in [0.05, 0.1) is 0 Å². The first-order valence-electron chi connectivity index (χ1n) is 7.55. The zero-order valence-electron chi connectivity index (χ0n) is 12.5. The van der Waals surface area contributed by atoms with Crippen molar-refractivity contribution in [3.8, 4) is 0 Å². The molecule has 3 heteroatoms. The van der Waals surface area contributed by atoms with Crippen LogP contribution in [0.5, 0.6) is 0 Å². The lowest BCUT2D eigenvalue weighted by Crippen LogP contribution is -2.09. The van der Waals surface area contributed by atoms with Gasteiger partial charge in [0.25, 0.3) is 0 Å². The predicted molar refractivity (Wildman–Crippen MR) is 95.4 cm³/mol. The zero-order valence-corrected chi connectivity index (χ0v) is 12.5. The van der Waals surface area contributed by atoms with Crippen molar-refractivity contribution in [3.05, 3.63) is 95.7 Å². The summed E-state index contributed by atoms with van der Waals surface area (Å²) in [6.45, 7) is 0. The van der Waals surface area contributed by atoms with Gasteiger partial charge in [-0.1, -0.05) is 60.7 Å². The molecule has 4 rings (SSSR count). The van der Waals surface area contributed by atoms with Crippen LogP contribution in [0, 0.1) is 0 Å². The van der Waals surface area contributed by atoms with Crippen LogP contribution in [0.15, 0.2) is 84.6 Å². The van der Waals surface area contributed by atoms with Gasteiger partial charge in [0.2, 0.25) is 0 Å². The van der Waals surface area contributed by atoms with Crippen LogP contribution < -0.4 is 10.6 Å². The zero-order chi connectivity index (χ0) is 15.5. The van der Waals surface area contributed by atoms with Gasteiger partial charge < -0.3 is 15.4 Å². The van der Waals surface area contributed by atoms with E-state index in [-0.39, 0.29) is 0 Å². The molecule has 2 heterocycles. The van der Waals surface area contributed by atoms with E-state index in [1.807, 2.05) is 60.7 Å². The van der Waals surface area contributed by atoms with E-state index in [4.69, 9.17) is 4.74 Å². The lowest BCUT2D eigenvalue weighted by atomic mass is 10.2. The molecule has 2 aromatic rings. The number of nitrogens with one attached hydrogen (secondary N) is 2. The third-order valence-corrected chi connectivity index (χ3v) is 3.70. The topological polar surface area (TPSA) is 33.3 Å². The molecule has 0 amide bonds. The molecule has 0 aromatic heterocycles. The molecule has 0 saturated carbocycles. The Morgan fingerprint density at radius 2 is 1.09 bits per heavy atom. The van der Waals surface area contributed by atoms with Crippen LogP contribution in [0.3, 0.4) is 0 Å². The van der Waals surface area contributed by atoms with Crippen LogP contribution in [-0.4, -0.2) is 0 Å². The third-order valence-electron chi connectivity index (χ3n) is 3.70. The standard InChI is InChI=1S/C20H16N2O/c1-3-11-17-15(7-1)9-5-13-19(21-17)23-20-14-6-10-16-8-2-4-12-18(16)22-20/h1-14,21-22H. The van der Waals surface area contributed by atoms with Gasteiger partial charge in [-0.2, -0.15) is 0 Å². The minimum Gasteiger partial charge on any atom is -0.425 e. The average Bonchev–Trinajstić information content (AvgIpc) is 2.90. The molecule has 2 N–H and O–H groups in total. The summed E-state index contributed by atoms with van der Waals surface area (Å²) in [7, 11) is 0. The summed E-state index contributed by atoms with van der Waals surface area (Å²) in [4.78, 5) is 0. The molecule has 0 radical (unpaired) electrons. The number of para-hydroxylation sites is 2. The van der Waals surface area contributed by atoms with Crippen molar-refractivity contribution >= 4 is 23.5 Å². The molecule has 0 bridgehead atoms. The summed E-state index contributed by atoms with van der Waals surface area (Å²) >= 11 is 0. The van der Waals surface area contributed by atoms with Crippen LogP contribution in [0.4, 0.5) is 11.4 Å². The Kier molecular flexibility index (Phi) is 3.45. The number of allylic oxidation sites excluding steroid dienone is 4. The molecule has 2 aliphatic rings. The lowest BCUT2D eigenvalue weighted by Gasteiger charge is -2.16. The quantitative estimate of drug-likeness (QED) is 0.822. The number of benzene rings is 2. The van der Waals surface area contributed by atoms with Crippen molar-refractivity contribution in [1.82, 2.24) is 0 Å². The normalized spacial score (nSPS) is 15.0. The van der Waals surface area contributed by atoms with Gasteiger partial charge in [-0.25, -0.2) is 0 Å². The predicted octanol–water partition coefficient (Wildman–Crippen LogP) is 4.96. The first-order valence-corrected chi connectivity index (χ1v) is 7.55. The summed E-state index contributed by atoms with van der Waals surface area (Å²) in [6, 6.07) is 16.3. The summed E-state index contributed by atoms with van der Waals surface area (Å²) in [5.41, 5.74) is 4.32. The molecule has 2 aliphatic heterocycles. The minimum absolute atomic E-state index is 0.678. The van der Waals surface area contributed by atoms with Crippen LogP contribution in [0.25, 0.3) is 12.2 Å². The van der Waals surface area contributed by atoms with E-state index in [9.17, 15) is 0 Å². The van der Waals surface area contributed by atoms with Crippen molar-refractivity contribution in [2.24, 2.45) is 0 Å². The molecule has 0 saturated heterocycles. The van der Waals surface area contributed by atoms with Gasteiger partial charge >= 0.3 is 0 Å². The molecule has 0 aliphatic carbocycles. The van der Waals surface area contributed by atoms with E-state index < -0.39 is 0 Å². The average molecular weight is 300 g/mol. The van der Waals surface area contributed by atoms with Gasteiger partial charge in [0.1, 0.15) is 0 Å². The van der Waals surface area contributed by atoms with E-state index in [0.29, 0.717) is 11.8 Å². The second-order valence-electron chi connectivity index (χ2n) is 5.31. The Morgan fingerprint density at radius 3 is 1.61 bits per heavy atom. The van der Waals surface area contributed by atoms with Crippen LogP contribution >= 0.6 is 0 Å². The summed E-state index contributed by atoms with van der Waals surface area (Å²) in [5.74, 6) is 1.36. The second-order valence-corrected chi connectivity index (χ2v) is 5.31. The first kappa shape index (κ1) is 13.5. The minimum atomic E-state index is 0.678. The van der Waals surface area contributed by atoms with E-state index >= 15 is 0 Å². The highest BCUT2D eigenvalue weighted by Gasteiger charge is 2.10. The number of hydrogen-bond donors (Lipinski definition) is 2. The monoisotopic (exact) mass is 300 g/mol. The fourth-order valence-corrected chi connectivity index (χ4v) is 2.58. The molecule has 112 valence electrons. The van der Waals surface area contributed by atoms with Crippen molar-refractivity contribution < 1.29 is 4.74 Å². The van der Waals surface area contributed by atoms with E-state index in [2.05, 4.69) is 34.9 Å². The van der Waals surface area contributed by atoms with Gasteiger partial charge in [-0.3, -0.25) is 0 Å². The van der Waals surface area contributed by atoms with Crippen molar-refractivity contribution in [3.63, 3.8) is 0 Å². The maximum atomic E-state index is 6.00. The van der Waals surface area contributed by atoms with Crippen LogP contribution in [0.1, 0.15) is 11.1 Å². The molecule has 3 nitrogen and oxygen atoms in total. The Morgan fingerprint density at radius 1 is 0.609 bits per heavy atom. The molecule has 23 heavy (non-hydrogen) atoms. The van der Waals surface area contributed by atoms with Crippen LogP contribution in [-0.2, 0) is 4.74 Å². The molecule has 0 atom stereocenters. The maximum Gasteiger partial charge on any atom is 0.199 e. The molecule has 2 aromatic carbocycles. The summed E-state index contributed by atoms with van der Waals surface area (Å²) < 4.78 is 6.00. The molecular formula is C20H16N2O. The lowest BCUT2D eigenvalue weighted by molar-refractivity contribution is 0.317. The number of hydrogen-bond acceptors (Lipinski definition) is 3. The molecule has 0 fully saturated rings. The van der Waals surface area contributed by atoms with Gasteiger partial charge in [-0.05, 0) is 35.4 Å². The van der Waals surface area contributed by atoms with E-state index in [1.165, 1.54) is 0 Å². The van der Waals surface area contributed by atoms with E-state index in [0.717, 1.165) is 22.5 Å². The Hall–Kier alpha value is -3.20. The van der Waals surface area contributed by atoms with Crippen LogP contribution in [0.2, 0.25) is 0 Å². The van der Waals surface area contributed by atoms with Gasteiger partial charge in [0, 0.05) is 11.4 Å². The highest BCUT2D eigenvalue weighted by molar-refractivity contribution is 5.72. The first-order chi connectivity index (χ1) is 11.4. The largest absolute Gasteiger partial charge is 0.425 e. The van der Waals surface area contributed by atoms with Gasteiger partial charge in [-0.15, -0.1) is 0 Å². The smallest absolute Gasteiger partial charge is 0.199 e. The van der Waals surface area contributed by atoms with E-state index in [1.54, 1.807) is 0 Å². The molecular weight excluding hydrogens is 284 g/mol. The number of ether oxygens (including phenoxy) is 1. The van der Waals surface area contributed by atoms with Crippen molar-refractivity contribution in [2.45, 2.75) is 0 Å². The SMILES string of the molecule is C1=Cc2ccccc2NC(OC2=CC=Cc3ccccc3N2)=C1. The Labute approximate surface area is 135 Å². The van der Waals surface area contributed by atoms with Crippen molar-refractivity contribution in [2.75, 3.05) is 10.6 Å². The Bertz CT molecular complexity index is 788. The third kappa shape index (κ3) is 2.90. The Balaban J connectivity index is 1.56. The second kappa shape index (κ2) is 5.89. The molecule has 0 unspecified atom stereocenters. The fourth-order valence-electron chi connectivity index (χ4n) is 2.58. The fraction of sp³-hybridized carbons (Fsp3) is 0. The summed E-state index contributed by atoms with van der Waals surface area (Å²) in [6.07, 6.45) is 11.9. The van der Waals surface area contributed by atoms with Gasteiger partial charge in [0.15, 0.2) is 11.8 Å². The number of rotatable bonds is 2. The molecule has 0 spiro atoms. The van der Waals surface area contributed by atoms with Crippen molar-refractivity contribution in [1.29, 1.82) is 0 Å². The maximum absolute atomic E-state index is 6.00.